The smallest absolute Gasteiger partial charge is 0.326 e. The largest absolute Gasteiger partial charge is 0.494 e. The quantitative estimate of drug-likeness (QED) is 0.747. The Labute approximate surface area is 153 Å². The lowest BCUT2D eigenvalue weighted by molar-refractivity contribution is -0.158. The highest BCUT2D eigenvalue weighted by Gasteiger charge is 2.25. The van der Waals surface area contributed by atoms with E-state index in [-0.39, 0.29) is 18.4 Å². The van der Waals surface area contributed by atoms with Gasteiger partial charge in [0.05, 0.1) is 6.61 Å². The normalized spacial score (nSPS) is 15.1. The molecule has 1 aromatic carbocycles. The summed E-state index contributed by atoms with van der Waals surface area (Å²) in [5.41, 5.74) is 0.415. The molecule has 1 aliphatic rings. The molecule has 0 saturated carbocycles. The summed E-state index contributed by atoms with van der Waals surface area (Å²) in [5, 5.41) is 2.49. The number of esters is 1. The van der Waals surface area contributed by atoms with Crippen molar-refractivity contribution in [2.45, 2.75) is 39.2 Å². The third kappa shape index (κ3) is 5.75. The van der Waals surface area contributed by atoms with Gasteiger partial charge in [0, 0.05) is 18.7 Å². The van der Waals surface area contributed by atoms with E-state index in [4.69, 9.17) is 9.47 Å². The number of benzene rings is 1. The molecule has 0 unspecified atom stereocenters. The first-order chi connectivity index (χ1) is 12.5. The van der Waals surface area contributed by atoms with E-state index in [9.17, 15) is 14.4 Å². The molecular weight excluding hydrogens is 336 g/mol. The van der Waals surface area contributed by atoms with Crippen LogP contribution in [-0.2, 0) is 14.3 Å². The van der Waals surface area contributed by atoms with Gasteiger partial charge >= 0.3 is 5.97 Å². The van der Waals surface area contributed by atoms with Crippen LogP contribution < -0.4 is 10.1 Å². The number of likely N-dealkylation sites (tertiary alicyclic amines) is 1. The van der Waals surface area contributed by atoms with Gasteiger partial charge in [-0.3, -0.25) is 14.4 Å². The molecule has 1 fully saturated rings. The number of carbonyl (C=O) groups excluding carboxylic acids is 3. The number of nitrogens with zero attached hydrogens (tertiary/aromatic N) is 1. The molecule has 142 valence electrons. The third-order valence-electron chi connectivity index (χ3n) is 4.14. The van der Waals surface area contributed by atoms with Crippen molar-refractivity contribution in [3.05, 3.63) is 29.8 Å². The fraction of sp³-hybridized carbons (Fsp3) is 0.526. The van der Waals surface area contributed by atoms with Crippen molar-refractivity contribution < 1.29 is 23.9 Å². The van der Waals surface area contributed by atoms with E-state index in [1.54, 1.807) is 36.1 Å². The number of ether oxygens (including phenoxy) is 2. The van der Waals surface area contributed by atoms with Gasteiger partial charge in [-0.15, -0.1) is 0 Å². The van der Waals surface area contributed by atoms with E-state index in [1.165, 1.54) is 0 Å². The highest BCUT2D eigenvalue weighted by molar-refractivity contribution is 5.96. The van der Waals surface area contributed by atoms with Crippen LogP contribution in [0.2, 0.25) is 0 Å². The van der Waals surface area contributed by atoms with Crippen LogP contribution in [0.15, 0.2) is 24.3 Å². The summed E-state index contributed by atoms with van der Waals surface area (Å²) in [5.74, 6) is -0.536. The number of nitrogens with one attached hydrogen (secondary N) is 1. The van der Waals surface area contributed by atoms with Crippen molar-refractivity contribution in [1.29, 1.82) is 0 Å². The lowest BCUT2D eigenvalue weighted by Crippen LogP contribution is -2.43. The topological polar surface area (TPSA) is 84.9 Å². The first-order valence-corrected chi connectivity index (χ1v) is 9.00. The summed E-state index contributed by atoms with van der Waals surface area (Å²) in [6.45, 7) is 5.10. The Morgan fingerprint density at radius 1 is 1.12 bits per heavy atom. The van der Waals surface area contributed by atoms with Gasteiger partial charge in [0.1, 0.15) is 12.3 Å². The summed E-state index contributed by atoms with van der Waals surface area (Å²) in [6.07, 6.45) is 2.23. The zero-order valence-corrected chi connectivity index (χ0v) is 15.3. The highest BCUT2D eigenvalue weighted by Crippen LogP contribution is 2.12. The van der Waals surface area contributed by atoms with Crippen LogP contribution in [0.4, 0.5) is 0 Å². The molecule has 1 N–H and O–H groups in total. The first-order valence-electron chi connectivity index (χ1n) is 9.00. The molecule has 0 spiro atoms. The van der Waals surface area contributed by atoms with Gasteiger partial charge in [0.2, 0.25) is 0 Å². The molecule has 1 aliphatic heterocycles. The van der Waals surface area contributed by atoms with Crippen molar-refractivity contribution in [3.8, 4) is 5.75 Å². The number of amides is 2. The van der Waals surface area contributed by atoms with E-state index in [1.807, 2.05) is 6.92 Å². The maximum atomic E-state index is 12.2. The summed E-state index contributed by atoms with van der Waals surface area (Å²) in [7, 11) is 0. The molecule has 1 saturated heterocycles. The van der Waals surface area contributed by atoms with Crippen LogP contribution in [0, 0.1) is 0 Å². The van der Waals surface area contributed by atoms with Gasteiger partial charge in [-0.1, -0.05) is 0 Å². The minimum Gasteiger partial charge on any atom is -0.494 e. The van der Waals surface area contributed by atoms with Gasteiger partial charge < -0.3 is 19.7 Å². The monoisotopic (exact) mass is 362 g/mol. The summed E-state index contributed by atoms with van der Waals surface area (Å²) < 4.78 is 10.5. The second-order valence-corrected chi connectivity index (χ2v) is 6.16. The molecule has 7 heteroatoms. The van der Waals surface area contributed by atoms with Crippen LogP contribution in [0.1, 0.15) is 43.5 Å². The maximum Gasteiger partial charge on any atom is 0.326 e. The van der Waals surface area contributed by atoms with Crippen molar-refractivity contribution in [2.75, 3.05) is 26.2 Å². The standard InChI is InChI=1S/C19H26N2O5/c1-3-25-16-9-7-15(8-10-16)18(23)20-13-17(22)26-14(2)19(24)21-11-5-4-6-12-21/h7-10,14H,3-6,11-13H2,1-2H3,(H,20,23)/t14-/m1/s1. The molecule has 7 nitrogen and oxygen atoms in total. The SMILES string of the molecule is CCOc1ccc(C(=O)NCC(=O)O[C@H](C)C(=O)N2CCCCC2)cc1. The van der Waals surface area contributed by atoms with Crippen LogP contribution in [0.25, 0.3) is 0 Å². The van der Waals surface area contributed by atoms with Crippen molar-refractivity contribution in [2.24, 2.45) is 0 Å². The molecule has 1 aromatic rings. The Kier molecular flexibility index (Phi) is 7.44. The average Bonchev–Trinajstić information content (AvgIpc) is 2.67. The van der Waals surface area contributed by atoms with Crippen molar-refractivity contribution in [3.63, 3.8) is 0 Å². The second-order valence-electron chi connectivity index (χ2n) is 6.16. The Hall–Kier alpha value is -2.57. The maximum absolute atomic E-state index is 12.2. The van der Waals surface area contributed by atoms with Crippen LogP contribution >= 0.6 is 0 Å². The lowest BCUT2D eigenvalue weighted by atomic mass is 10.1. The molecule has 1 atom stereocenters. The number of carbonyl (C=O) groups is 3. The van der Waals surface area contributed by atoms with E-state index in [0.29, 0.717) is 31.0 Å². The molecular formula is C19H26N2O5. The highest BCUT2D eigenvalue weighted by atomic mass is 16.5. The second kappa shape index (κ2) is 9.79. The van der Waals surface area contributed by atoms with Gasteiger partial charge in [0.25, 0.3) is 11.8 Å². The molecule has 0 aromatic heterocycles. The summed E-state index contributed by atoms with van der Waals surface area (Å²) in [6, 6.07) is 6.62. The van der Waals surface area contributed by atoms with E-state index in [0.717, 1.165) is 19.3 Å². The number of rotatable bonds is 7. The predicted octanol–water partition coefficient (Wildman–Crippen LogP) is 1.76. The summed E-state index contributed by atoms with van der Waals surface area (Å²) >= 11 is 0. The van der Waals surface area contributed by atoms with E-state index < -0.39 is 12.1 Å². The zero-order chi connectivity index (χ0) is 18.9. The number of hydrogen-bond acceptors (Lipinski definition) is 5. The van der Waals surface area contributed by atoms with Crippen molar-refractivity contribution >= 4 is 17.8 Å². The van der Waals surface area contributed by atoms with Gasteiger partial charge in [-0.25, -0.2) is 0 Å². The zero-order valence-electron chi connectivity index (χ0n) is 15.3. The number of piperidine rings is 1. The van der Waals surface area contributed by atoms with Crippen molar-refractivity contribution in [1.82, 2.24) is 10.2 Å². The minimum atomic E-state index is -0.844. The molecule has 1 heterocycles. The Morgan fingerprint density at radius 2 is 1.77 bits per heavy atom. The van der Waals surface area contributed by atoms with Crippen LogP contribution in [0.5, 0.6) is 5.75 Å². The van der Waals surface area contributed by atoms with Gasteiger partial charge in [-0.05, 0) is 57.4 Å². The molecule has 26 heavy (non-hydrogen) atoms. The van der Waals surface area contributed by atoms with E-state index >= 15 is 0 Å². The Morgan fingerprint density at radius 3 is 2.38 bits per heavy atom. The number of hydrogen-bond donors (Lipinski definition) is 1. The van der Waals surface area contributed by atoms with Crippen LogP contribution in [-0.4, -0.2) is 55.0 Å². The minimum absolute atomic E-state index is 0.184. The van der Waals surface area contributed by atoms with Crippen LogP contribution in [0.3, 0.4) is 0 Å². The fourth-order valence-electron chi connectivity index (χ4n) is 2.78. The predicted molar refractivity (Wildman–Crippen MR) is 95.9 cm³/mol. The fourth-order valence-corrected chi connectivity index (χ4v) is 2.78. The van der Waals surface area contributed by atoms with Gasteiger partial charge in [0.15, 0.2) is 6.10 Å². The molecule has 0 radical (unpaired) electrons. The Bertz CT molecular complexity index is 623. The summed E-state index contributed by atoms with van der Waals surface area (Å²) in [4.78, 5) is 37.9. The molecule has 2 rings (SSSR count). The van der Waals surface area contributed by atoms with E-state index in [2.05, 4.69) is 5.32 Å². The lowest BCUT2D eigenvalue weighted by Gasteiger charge is -2.28. The average molecular weight is 362 g/mol. The van der Waals surface area contributed by atoms with Gasteiger partial charge in [-0.2, -0.15) is 0 Å². The molecule has 0 bridgehead atoms. The first kappa shape index (κ1) is 19.8. The Balaban J connectivity index is 1.76. The molecule has 0 aliphatic carbocycles. The molecule has 2 amide bonds. The third-order valence-corrected chi connectivity index (χ3v) is 4.14.